The van der Waals surface area contributed by atoms with E-state index in [0.717, 1.165) is 5.39 Å². The molecule has 24 heavy (non-hydrogen) atoms. The monoisotopic (exact) mass is 326 g/mol. The minimum atomic E-state index is -0.548. The minimum absolute atomic E-state index is 0.233. The van der Waals surface area contributed by atoms with Crippen LogP contribution in [0.3, 0.4) is 0 Å². The Hall–Kier alpha value is -3.06. The van der Waals surface area contributed by atoms with Gasteiger partial charge in [-0.2, -0.15) is 0 Å². The highest BCUT2D eigenvalue weighted by Gasteiger charge is 2.31. The first-order valence-corrected chi connectivity index (χ1v) is 7.45. The fourth-order valence-electron chi connectivity index (χ4n) is 2.81. The maximum Gasteiger partial charge on any atom is 0.414 e. The highest BCUT2D eigenvalue weighted by molar-refractivity contribution is 5.94. The SMILES string of the molecule is O=C1O[C@@H](CO)CN1c1ccc2cc(-c3ccco3)[nH]c(=O)c2c1. The van der Waals surface area contributed by atoms with Gasteiger partial charge in [0.1, 0.15) is 11.9 Å². The van der Waals surface area contributed by atoms with Gasteiger partial charge in [-0.15, -0.1) is 0 Å². The average molecular weight is 326 g/mol. The lowest BCUT2D eigenvalue weighted by Crippen LogP contribution is -2.25. The summed E-state index contributed by atoms with van der Waals surface area (Å²) >= 11 is 0. The number of hydrogen-bond acceptors (Lipinski definition) is 5. The van der Waals surface area contributed by atoms with Gasteiger partial charge in [0.25, 0.3) is 5.56 Å². The zero-order valence-electron chi connectivity index (χ0n) is 12.6. The molecule has 3 aromatic rings. The van der Waals surface area contributed by atoms with Crippen molar-refractivity contribution in [3.63, 3.8) is 0 Å². The lowest BCUT2D eigenvalue weighted by atomic mass is 10.1. The number of hydrogen-bond donors (Lipinski definition) is 2. The number of carbonyl (C=O) groups excluding carboxylic acids is 1. The first-order chi connectivity index (χ1) is 11.7. The Labute approximate surface area is 136 Å². The molecule has 2 N–H and O–H groups in total. The molecule has 1 atom stereocenters. The van der Waals surface area contributed by atoms with Gasteiger partial charge >= 0.3 is 6.09 Å². The van der Waals surface area contributed by atoms with Gasteiger partial charge in [-0.05, 0) is 35.7 Å². The molecular formula is C17H14N2O5. The number of benzene rings is 1. The number of carbonyl (C=O) groups is 1. The van der Waals surface area contributed by atoms with E-state index in [1.165, 1.54) is 11.2 Å². The van der Waals surface area contributed by atoms with E-state index in [0.29, 0.717) is 22.5 Å². The van der Waals surface area contributed by atoms with E-state index in [-0.39, 0.29) is 18.7 Å². The van der Waals surface area contributed by atoms with Gasteiger partial charge in [-0.1, -0.05) is 6.07 Å². The summed E-state index contributed by atoms with van der Waals surface area (Å²) in [5, 5.41) is 10.3. The van der Waals surface area contributed by atoms with Crippen LogP contribution in [0.4, 0.5) is 10.5 Å². The fraction of sp³-hybridized carbons (Fsp3) is 0.176. The van der Waals surface area contributed by atoms with Gasteiger partial charge in [0.05, 0.1) is 25.1 Å². The number of aliphatic hydroxyl groups is 1. The molecule has 0 radical (unpaired) electrons. The molecule has 1 aliphatic heterocycles. The summed E-state index contributed by atoms with van der Waals surface area (Å²) in [5.74, 6) is 0.576. The van der Waals surface area contributed by atoms with E-state index >= 15 is 0 Å². The van der Waals surface area contributed by atoms with Crippen LogP contribution in [-0.2, 0) is 4.74 Å². The van der Waals surface area contributed by atoms with Crippen molar-refractivity contribution in [3.05, 3.63) is 53.0 Å². The molecule has 1 fully saturated rings. The second-order valence-corrected chi connectivity index (χ2v) is 5.56. The number of fused-ring (bicyclic) bond motifs is 1. The van der Waals surface area contributed by atoms with Crippen molar-refractivity contribution in [1.29, 1.82) is 0 Å². The number of aromatic nitrogens is 1. The topological polar surface area (TPSA) is 95.8 Å². The summed E-state index contributed by atoms with van der Waals surface area (Å²) in [4.78, 5) is 28.4. The predicted octanol–water partition coefficient (Wildman–Crippen LogP) is 2.11. The van der Waals surface area contributed by atoms with Crippen molar-refractivity contribution in [2.24, 2.45) is 0 Å². The Morgan fingerprint density at radius 1 is 1.25 bits per heavy atom. The molecule has 0 unspecified atom stereocenters. The third kappa shape index (κ3) is 2.35. The number of ether oxygens (including phenoxy) is 1. The number of rotatable bonds is 3. The van der Waals surface area contributed by atoms with Crippen LogP contribution >= 0.6 is 0 Å². The van der Waals surface area contributed by atoms with Gasteiger partial charge in [0.15, 0.2) is 0 Å². The number of furan rings is 1. The fourth-order valence-corrected chi connectivity index (χ4v) is 2.81. The summed E-state index contributed by atoms with van der Waals surface area (Å²) in [7, 11) is 0. The molecule has 0 aliphatic carbocycles. The second kappa shape index (κ2) is 5.54. The Morgan fingerprint density at radius 2 is 2.12 bits per heavy atom. The standard InChI is InChI=1S/C17H14N2O5/c20-9-12-8-19(17(22)24-12)11-4-3-10-6-14(15-2-1-5-23-15)18-16(21)13(10)7-11/h1-7,12,20H,8-9H2,(H,18,21)/t12-/m1/s1. The Bertz CT molecular complexity index is 961. The zero-order valence-corrected chi connectivity index (χ0v) is 12.6. The molecule has 1 aliphatic rings. The Balaban J connectivity index is 1.77. The molecule has 0 spiro atoms. The largest absolute Gasteiger partial charge is 0.463 e. The van der Waals surface area contributed by atoms with Crippen LogP contribution in [0.2, 0.25) is 0 Å². The second-order valence-electron chi connectivity index (χ2n) is 5.56. The van der Waals surface area contributed by atoms with Crippen molar-refractivity contribution in [2.75, 3.05) is 18.1 Å². The van der Waals surface area contributed by atoms with Crippen LogP contribution in [0.1, 0.15) is 0 Å². The van der Waals surface area contributed by atoms with E-state index in [4.69, 9.17) is 14.3 Å². The first kappa shape index (κ1) is 14.5. The minimum Gasteiger partial charge on any atom is -0.463 e. The third-order valence-electron chi connectivity index (χ3n) is 4.01. The van der Waals surface area contributed by atoms with E-state index in [1.807, 2.05) is 6.07 Å². The van der Waals surface area contributed by atoms with E-state index in [2.05, 4.69) is 4.98 Å². The molecule has 7 heteroatoms. The van der Waals surface area contributed by atoms with Gasteiger partial charge in [0.2, 0.25) is 0 Å². The summed E-state index contributed by atoms with van der Waals surface area (Å²) in [5.41, 5.74) is 0.873. The van der Waals surface area contributed by atoms with Crippen molar-refractivity contribution >= 4 is 22.6 Å². The lowest BCUT2D eigenvalue weighted by Gasteiger charge is -2.13. The number of aliphatic hydroxyl groups excluding tert-OH is 1. The average Bonchev–Trinajstić information content (AvgIpc) is 3.24. The molecule has 1 aromatic carbocycles. The normalized spacial score (nSPS) is 17.5. The van der Waals surface area contributed by atoms with Gasteiger partial charge in [0, 0.05) is 11.1 Å². The molecule has 2 aromatic heterocycles. The molecular weight excluding hydrogens is 312 g/mol. The molecule has 1 saturated heterocycles. The summed E-state index contributed by atoms with van der Waals surface area (Å²) < 4.78 is 10.3. The molecule has 4 rings (SSSR count). The van der Waals surface area contributed by atoms with E-state index < -0.39 is 12.2 Å². The highest BCUT2D eigenvalue weighted by atomic mass is 16.6. The van der Waals surface area contributed by atoms with Crippen molar-refractivity contribution < 1.29 is 19.1 Å². The molecule has 1 amide bonds. The third-order valence-corrected chi connectivity index (χ3v) is 4.01. The molecule has 3 heterocycles. The van der Waals surface area contributed by atoms with Crippen LogP contribution < -0.4 is 10.5 Å². The first-order valence-electron chi connectivity index (χ1n) is 7.45. The number of pyridine rings is 1. The lowest BCUT2D eigenvalue weighted by molar-refractivity contribution is 0.0963. The number of cyclic esters (lactones) is 1. The summed E-state index contributed by atoms with van der Waals surface area (Å²) in [6, 6.07) is 10.5. The predicted molar refractivity (Wildman–Crippen MR) is 87.0 cm³/mol. The van der Waals surface area contributed by atoms with Crippen molar-refractivity contribution in [3.8, 4) is 11.5 Å². The number of nitrogens with zero attached hydrogens (tertiary/aromatic N) is 1. The Kier molecular flexibility index (Phi) is 3.35. The van der Waals surface area contributed by atoms with E-state index in [1.54, 1.807) is 30.3 Å². The quantitative estimate of drug-likeness (QED) is 0.768. The van der Waals surface area contributed by atoms with Crippen LogP contribution in [0, 0.1) is 0 Å². The number of H-pyrrole nitrogens is 1. The molecule has 0 bridgehead atoms. The maximum atomic E-state index is 12.4. The van der Waals surface area contributed by atoms with Crippen LogP contribution in [-0.4, -0.2) is 35.4 Å². The summed E-state index contributed by atoms with van der Waals surface area (Å²) in [6.07, 6.45) is 0.460. The van der Waals surface area contributed by atoms with Crippen LogP contribution in [0.5, 0.6) is 0 Å². The van der Waals surface area contributed by atoms with E-state index in [9.17, 15) is 9.59 Å². The Morgan fingerprint density at radius 3 is 2.83 bits per heavy atom. The number of nitrogens with one attached hydrogen (secondary N) is 1. The molecule has 0 saturated carbocycles. The van der Waals surface area contributed by atoms with Crippen LogP contribution in [0.15, 0.2) is 51.9 Å². The smallest absolute Gasteiger partial charge is 0.414 e. The number of aromatic amines is 1. The molecule has 7 nitrogen and oxygen atoms in total. The van der Waals surface area contributed by atoms with Crippen LogP contribution in [0.25, 0.3) is 22.2 Å². The number of amides is 1. The maximum absolute atomic E-state index is 12.4. The molecule has 122 valence electrons. The highest BCUT2D eigenvalue weighted by Crippen LogP contribution is 2.26. The van der Waals surface area contributed by atoms with Gasteiger partial charge < -0.3 is 19.2 Å². The summed E-state index contributed by atoms with van der Waals surface area (Å²) in [6.45, 7) is 0.0200. The van der Waals surface area contributed by atoms with Gasteiger partial charge in [-0.3, -0.25) is 9.69 Å². The van der Waals surface area contributed by atoms with Crippen molar-refractivity contribution in [2.45, 2.75) is 6.10 Å². The van der Waals surface area contributed by atoms with Crippen molar-refractivity contribution in [1.82, 2.24) is 4.98 Å². The number of anilines is 1. The zero-order chi connectivity index (χ0) is 16.7. The van der Waals surface area contributed by atoms with Gasteiger partial charge in [-0.25, -0.2) is 4.79 Å².